The predicted octanol–water partition coefficient (Wildman–Crippen LogP) is 2.62. The van der Waals surface area contributed by atoms with E-state index < -0.39 is 10.7 Å². The lowest BCUT2D eigenvalue weighted by Gasteiger charge is -2.48. The Morgan fingerprint density at radius 2 is 1.90 bits per heavy atom. The molecule has 1 aromatic heterocycles. The average Bonchev–Trinajstić information content (AvgIpc) is 3.14. The van der Waals surface area contributed by atoms with E-state index >= 15 is 0 Å². The van der Waals surface area contributed by atoms with Crippen molar-refractivity contribution in [2.75, 3.05) is 44.2 Å². The van der Waals surface area contributed by atoms with Crippen molar-refractivity contribution in [3.63, 3.8) is 0 Å². The molecule has 0 spiro atoms. The lowest BCUT2D eigenvalue weighted by Crippen LogP contribution is -2.58. The first-order valence-electron chi connectivity index (χ1n) is 9.73. The van der Waals surface area contributed by atoms with Crippen LogP contribution in [0.5, 0.6) is 0 Å². The number of hydrogen-bond acceptors (Lipinski definition) is 5. The Balaban J connectivity index is 1.43. The third kappa shape index (κ3) is 3.68. The number of benzene rings is 1. The zero-order chi connectivity index (χ0) is 20.6. The molecule has 0 aliphatic carbocycles. The minimum Gasteiger partial charge on any atom is -0.627 e. The van der Waals surface area contributed by atoms with Crippen molar-refractivity contribution in [1.82, 2.24) is 14.5 Å². The van der Waals surface area contributed by atoms with Gasteiger partial charge >= 0.3 is 6.09 Å². The number of aryl methyl sites for hydroxylation is 2. The number of amides is 2. The quantitative estimate of drug-likeness (QED) is 0.588. The normalized spacial score (nSPS) is 18.7. The molecule has 2 aliphatic heterocycles. The van der Waals surface area contributed by atoms with Crippen LogP contribution in [0.4, 0.5) is 16.3 Å². The van der Waals surface area contributed by atoms with Gasteiger partial charge in [0.15, 0.2) is 0 Å². The number of hydrogen-bond donors (Lipinski definition) is 0. The third-order valence-electron chi connectivity index (χ3n) is 5.57. The second kappa shape index (κ2) is 7.46. The van der Waals surface area contributed by atoms with Gasteiger partial charge in [-0.25, -0.2) is 9.78 Å². The summed E-state index contributed by atoms with van der Waals surface area (Å²) in [6.45, 7) is 6.17. The number of nitrogens with zero attached hydrogens (tertiary/aromatic N) is 4. The fraction of sp³-hybridized carbons (Fsp3) is 0.381. The number of quaternary nitrogens is 1. The van der Waals surface area contributed by atoms with E-state index in [1.807, 2.05) is 32.0 Å². The molecule has 8 nitrogen and oxygen atoms in total. The summed E-state index contributed by atoms with van der Waals surface area (Å²) in [6, 6.07) is 9.19. The van der Waals surface area contributed by atoms with E-state index in [1.165, 1.54) is 11.1 Å². The van der Waals surface area contributed by atoms with Crippen LogP contribution in [-0.2, 0) is 4.74 Å². The molecule has 0 N–H and O–H groups in total. The molecule has 2 aliphatic rings. The molecule has 2 fully saturated rings. The smallest absolute Gasteiger partial charge is 0.415 e. The highest BCUT2D eigenvalue weighted by Gasteiger charge is 2.32. The molecule has 0 radical (unpaired) electrons. The number of rotatable bonds is 3. The van der Waals surface area contributed by atoms with Crippen LogP contribution in [0.1, 0.15) is 21.5 Å². The topological polar surface area (TPSA) is 85.8 Å². The van der Waals surface area contributed by atoms with Crippen LogP contribution < -0.4 is 9.55 Å². The van der Waals surface area contributed by atoms with Crippen molar-refractivity contribution >= 4 is 23.5 Å². The summed E-state index contributed by atoms with van der Waals surface area (Å²) < 4.78 is 4.49. The van der Waals surface area contributed by atoms with Gasteiger partial charge in [0.1, 0.15) is 31.2 Å². The molecule has 1 aromatic carbocycles. The number of carbonyl (C=O) groups is 2. The van der Waals surface area contributed by atoms with Crippen molar-refractivity contribution in [3.8, 4) is 0 Å². The van der Waals surface area contributed by atoms with Crippen LogP contribution >= 0.6 is 0 Å². The molecule has 3 heterocycles. The van der Waals surface area contributed by atoms with Crippen molar-refractivity contribution in [2.24, 2.45) is 0 Å². The summed E-state index contributed by atoms with van der Waals surface area (Å²) in [5.41, 5.74) is 3.33. The minimum absolute atomic E-state index is 0.153. The molecule has 8 heteroatoms. The van der Waals surface area contributed by atoms with Crippen LogP contribution in [0.3, 0.4) is 0 Å². The van der Waals surface area contributed by atoms with Crippen molar-refractivity contribution in [2.45, 2.75) is 13.8 Å². The lowest BCUT2D eigenvalue weighted by atomic mass is 10.1. The van der Waals surface area contributed by atoms with Gasteiger partial charge in [0, 0.05) is 11.8 Å². The van der Waals surface area contributed by atoms with Gasteiger partial charge in [0.25, 0.3) is 5.91 Å². The highest BCUT2D eigenvalue weighted by atomic mass is 16.6. The van der Waals surface area contributed by atoms with Crippen LogP contribution in [-0.4, -0.2) is 61.2 Å². The maximum absolute atomic E-state index is 13.3. The highest BCUT2D eigenvalue weighted by molar-refractivity contribution is 5.95. The number of aromatic nitrogens is 1. The van der Waals surface area contributed by atoms with E-state index in [4.69, 9.17) is 4.74 Å². The number of pyridine rings is 1. The fourth-order valence-corrected chi connectivity index (χ4v) is 3.95. The summed E-state index contributed by atoms with van der Waals surface area (Å²) >= 11 is 0. The highest BCUT2D eigenvalue weighted by Crippen LogP contribution is 2.29. The molecular weight excluding hydrogens is 372 g/mol. The number of ether oxygens (including phenoxy) is 1. The van der Waals surface area contributed by atoms with E-state index in [1.54, 1.807) is 17.0 Å². The Bertz CT molecular complexity index is 936. The molecule has 0 bridgehead atoms. The first-order valence-corrected chi connectivity index (χ1v) is 9.73. The number of carbonyl (C=O) groups excluding carboxylic acids is 2. The van der Waals surface area contributed by atoms with Gasteiger partial charge in [-0.2, -0.15) is 0 Å². The lowest BCUT2D eigenvalue weighted by molar-refractivity contribution is 0.0682. The molecule has 152 valence electrons. The maximum atomic E-state index is 13.3. The molecular formula is C21H24N4O4. The largest absolute Gasteiger partial charge is 0.627 e. The molecule has 0 atom stereocenters. The van der Waals surface area contributed by atoms with Gasteiger partial charge in [-0.15, -0.1) is 0 Å². The summed E-state index contributed by atoms with van der Waals surface area (Å²) in [6.07, 6.45) is 1.05. The van der Waals surface area contributed by atoms with Gasteiger partial charge in [0.2, 0.25) is 0 Å². The molecule has 2 amide bonds. The molecule has 0 saturated carbocycles. The van der Waals surface area contributed by atoms with E-state index in [9.17, 15) is 14.8 Å². The fourth-order valence-electron chi connectivity index (χ4n) is 3.95. The standard InChI is InChI=1S/C21H24N4O4/c1-15-3-5-18(16(2)13-15)25(28)10-7-23(8-11-25)20(26)17-4-6-19(22-14-17)24-9-12-29-21(24)27/h3-6,13-14H,7-12H2,1-2H3. The summed E-state index contributed by atoms with van der Waals surface area (Å²) in [7, 11) is 0. The molecule has 29 heavy (non-hydrogen) atoms. The number of piperazine rings is 1. The van der Waals surface area contributed by atoms with E-state index in [2.05, 4.69) is 4.98 Å². The van der Waals surface area contributed by atoms with E-state index in [0.29, 0.717) is 50.7 Å². The van der Waals surface area contributed by atoms with E-state index in [-0.39, 0.29) is 5.91 Å². The number of anilines is 1. The van der Waals surface area contributed by atoms with Crippen LogP contribution in [0.25, 0.3) is 0 Å². The molecule has 0 unspecified atom stereocenters. The van der Waals surface area contributed by atoms with Gasteiger partial charge < -0.3 is 19.5 Å². The second-order valence-electron chi connectivity index (χ2n) is 7.59. The van der Waals surface area contributed by atoms with Gasteiger partial charge in [0.05, 0.1) is 25.2 Å². The second-order valence-corrected chi connectivity index (χ2v) is 7.59. The van der Waals surface area contributed by atoms with Gasteiger partial charge in [-0.1, -0.05) is 17.7 Å². The monoisotopic (exact) mass is 396 g/mol. The molecule has 2 aromatic rings. The van der Waals surface area contributed by atoms with Gasteiger partial charge in [-0.05, 0) is 32.0 Å². The average molecular weight is 396 g/mol. The maximum Gasteiger partial charge on any atom is 0.415 e. The Labute approximate surface area is 169 Å². The summed E-state index contributed by atoms with van der Waals surface area (Å²) in [5, 5.41) is 13.3. The zero-order valence-electron chi connectivity index (χ0n) is 16.6. The Morgan fingerprint density at radius 3 is 2.48 bits per heavy atom. The van der Waals surface area contributed by atoms with Crippen LogP contribution in [0, 0.1) is 19.1 Å². The van der Waals surface area contributed by atoms with Crippen LogP contribution in [0.2, 0.25) is 0 Å². The molecule has 2 saturated heterocycles. The number of cyclic esters (lactones) is 1. The van der Waals surface area contributed by atoms with Crippen LogP contribution in [0.15, 0.2) is 36.5 Å². The summed E-state index contributed by atoms with van der Waals surface area (Å²) in [4.78, 5) is 31.8. The Hall–Kier alpha value is -2.97. The van der Waals surface area contributed by atoms with Crippen molar-refractivity contribution < 1.29 is 14.3 Å². The zero-order valence-corrected chi connectivity index (χ0v) is 16.6. The van der Waals surface area contributed by atoms with Gasteiger partial charge in [-0.3, -0.25) is 9.69 Å². The SMILES string of the molecule is Cc1ccc([N+]2([O-])CCN(C(=O)c3ccc(N4CCOC4=O)nc3)CC2)c(C)c1. The van der Waals surface area contributed by atoms with E-state index in [0.717, 1.165) is 16.8 Å². The molecule has 4 rings (SSSR count). The number of hydroxylamine groups is 2. The Morgan fingerprint density at radius 1 is 1.14 bits per heavy atom. The summed E-state index contributed by atoms with van der Waals surface area (Å²) in [5.74, 6) is 0.313. The Kier molecular flexibility index (Phi) is 4.97. The third-order valence-corrected chi connectivity index (χ3v) is 5.57. The van der Waals surface area contributed by atoms with Crippen molar-refractivity contribution in [3.05, 3.63) is 58.4 Å². The predicted molar refractivity (Wildman–Crippen MR) is 110 cm³/mol. The first kappa shape index (κ1) is 19.4. The van der Waals surface area contributed by atoms with Crippen molar-refractivity contribution in [1.29, 1.82) is 0 Å². The first-order chi connectivity index (χ1) is 13.9. The minimum atomic E-state index is -0.427.